The van der Waals surface area contributed by atoms with Crippen LogP contribution in [0.5, 0.6) is 0 Å². The summed E-state index contributed by atoms with van der Waals surface area (Å²) in [6.07, 6.45) is 5.17. The van der Waals surface area contributed by atoms with Gasteiger partial charge in [0, 0.05) is 18.3 Å². The number of aryl methyl sites for hydroxylation is 1. The first-order valence-corrected chi connectivity index (χ1v) is 7.42. The molecule has 3 heteroatoms. The van der Waals surface area contributed by atoms with E-state index in [0.717, 1.165) is 35.9 Å². The molecule has 0 saturated heterocycles. The number of carboxylic acids is 1. The summed E-state index contributed by atoms with van der Waals surface area (Å²) in [4.78, 5) is 11.6. The minimum absolute atomic E-state index is 0.399. The highest BCUT2D eigenvalue weighted by Gasteiger charge is 2.23. The van der Waals surface area contributed by atoms with Crippen LogP contribution in [0, 0.1) is 0 Å². The Morgan fingerprint density at radius 1 is 1.25 bits per heavy atom. The first kappa shape index (κ1) is 14.6. The second-order valence-electron chi connectivity index (χ2n) is 5.43. The topological polar surface area (TPSA) is 42.2 Å². The Morgan fingerprint density at radius 2 is 2.00 bits per heavy atom. The van der Waals surface area contributed by atoms with Gasteiger partial charge in [-0.25, -0.2) is 0 Å². The molecule has 3 nitrogen and oxygen atoms in total. The number of benzene rings is 1. The van der Waals surface area contributed by atoms with Gasteiger partial charge < -0.3 is 9.67 Å². The van der Waals surface area contributed by atoms with Gasteiger partial charge in [0.25, 0.3) is 0 Å². The van der Waals surface area contributed by atoms with Crippen LogP contribution in [0.2, 0.25) is 0 Å². The molecule has 2 rings (SSSR count). The van der Waals surface area contributed by atoms with Gasteiger partial charge in [-0.15, -0.1) is 0 Å². The summed E-state index contributed by atoms with van der Waals surface area (Å²) in [6.45, 7) is 2.17. The van der Waals surface area contributed by atoms with E-state index in [4.69, 9.17) is 0 Å². The van der Waals surface area contributed by atoms with Crippen molar-refractivity contribution in [3.8, 4) is 0 Å². The van der Waals surface area contributed by atoms with Crippen LogP contribution >= 0.6 is 0 Å². The number of unbranched alkanes of at least 4 members (excludes halogenated alkanes) is 3. The van der Waals surface area contributed by atoms with Crippen molar-refractivity contribution < 1.29 is 9.90 Å². The van der Waals surface area contributed by atoms with E-state index in [2.05, 4.69) is 6.92 Å². The highest BCUT2D eigenvalue weighted by Crippen LogP contribution is 2.28. The van der Waals surface area contributed by atoms with E-state index < -0.39 is 11.9 Å². The van der Waals surface area contributed by atoms with Gasteiger partial charge in [0.15, 0.2) is 0 Å². The van der Waals surface area contributed by atoms with Gasteiger partial charge in [0.05, 0.1) is 5.92 Å². The standard InChI is InChI=1S/C17H23NO2/c1-3-4-5-6-10-14(17(19)20)16-12-13-9-7-8-11-15(13)18(16)2/h7-9,11-12,14H,3-6,10H2,1-2H3,(H,19,20). The third kappa shape index (κ3) is 3.03. The molecule has 1 heterocycles. The Labute approximate surface area is 120 Å². The SMILES string of the molecule is CCCCCCC(C(=O)O)c1cc2ccccc2n1C. The summed E-state index contributed by atoms with van der Waals surface area (Å²) in [5.41, 5.74) is 2.01. The van der Waals surface area contributed by atoms with Gasteiger partial charge >= 0.3 is 5.97 Å². The van der Waals surface area contributed by atoms with Crippen LogP contribution < -0.4 is 0 Å². The molecule has 20 heavy (non-hydrogen) atoms. The van der Waals surface area contributed by atoms with Crippen molar-refractivity contribution >= 4 is 16.9 Å². The highest BCUT2D eigenvalue weighted by molar-refractivity contribution is 5.84. The average Bonchev–Trinajstić information content (AvgIpc) is 2.76. The monoisotopic (exact) mass is 273 g/mol. The van der Waals surface area contributed by atoms with Crippen LogP contribution in [0.15, 0.2) is 30.3 Å². The molecule has 0 aliphatic heterocycles. The number of hydrogen-bond donors (Lipinski definition) is 1. The summed E-state index contributed by atoms with van der Waals surface area (Å²) in [7, 11) is 1.96. The Kier molecular flexibility index (Phi) is 4.83. The number of carboxylic acid groups (broad SMARTS) is 1. The average molecular weight is 273 g/mol. The molecular weight excluding hydrogens is 250 g/mol. The number of aliphatic carboxylic acids is 1. The van der Waals surface area contributed by atoms with Gasteiger partial charge in [-0.2, -0.15) is 0 Å². The van der Waals surface area contributed by atoms with Crippen LogP contribution in [0.1, 0.15) is 50.6 Å². The summed E-state index contributed by atoms with van der Waals surface area (Å²) in [5, 5.41) is 10.6. The normalized spacial score (nSPS) is 12.7. The van der Waals surface area contributed by atoms with Crippen LogP contribution in [0.3, 0.4) is 0 Å². The molecule has 0 bridgehead atoms. The van der Waals surface area contributed by atoms with E-state index in [9.17, 15) is 9.90 Å². The zero-order valence-corrected chi connectivity index (χ0v) is 12.3. The second kappa shape index (κ2) is 6.60. The zero-order chi connectivity index (χ0) is 14.5. The largest absolute Gasteiger partial charge is 0.481 e. The number of hydrogen-bond acceptors (Lipinski definition) is 1. The third-order valence-electron chi connectivity index (χ3n) is 3.99. The summed E-state index contributed by atoms with van der Waals surface area (Å²) in [5.74, 6) is -1.11. The van der Waals surface area contributed by atoms with E-state index in [1.807, 2.05) is 41.9 Å². The molecule has 1 unspecified atom stereocenters. The number of carbonyl (C=O) groups is 1. The van der Waals surface area contributed by atoms with Crippen molar-refractivity contribution in [3.63, 3.8) is 0 Å². The zero-order valence-electron chi connectivity index (χ0n) is 12.3. The fraction of sp³-hybridized carbons (Fsp3) is 0.471. The third-order valence-corrected chi connectivity index (χ3v) is 3.99. The summed E-state index contributed by atoms with van der Waals surface area (Å²) < 4.78 is 2.02. The Morgan fingerprint density at radius 3 is 2.65 bits per heavy atom. The molecule has 0 fully saturated rings. The predicted octanol–water partition coefficient (Wildman–Crippen LogP) is 4.32. The minimum atomic E-state index is -0.715. The second-order valence-corrected chi connectivity index (χ2v) is 5.43. The van der Waals surface area contributed by atoms with Crippen molar-refractivity contribution in [1.29, 1.82) is 0 Å². The maximum absolute atomic E-state index is 11.6. The predicted molar refractivity (Wildman–Crippen MR) is 82.1 cm³/mol. The summed E-state index contributed by atoms with van der Waals surface area (Å²) >= 11 is 0. The van der Waals surface area contributed by atoms with Crippen LogP contribution in [0.4, 0.5) is 0 Å². The van der Waals surface area contributed by atoms with Crippen LogP contribution in [-0.4, -0.2) is 15.6 Å². The quantitative estimate of drug-likeness (QED) is 0.763. The maximum atomic E-state index is 11.6. The van der Waals surface area contributed by atoms with Crippen molar-refractivity contribution in [2.24, 2.45) is 7.05 Å². The van der Waals surface area contributed by atoms with E-state index in [1.54, 1.807) is 0 Å². The van der Waals surface area contributed by atoms with E-state index in [1.165, 1.54) is 12.8 Å². The van der Waals surface area contributed by atoms with Crippen molar-refractivity contribution in [1.82, 2.24) is 4.57 Å². The first-order chi connectivity index (χ1) is 9.65. The first-order valence-electron chi connectivity index (χ1n) is 7.42. The van der Waals surface area contributed by atoms with E-state index >= 15 is 0 Å². The molecule has 108 valence electrons. The molecule has 1 aromatic heterocycles. The van der Waals surface area contributed by atoms with Gasteiger partial charge in [-0.05, 0) is 23.9 Å². The molecule has 1 aromatic carbocycles. The molecule has 0 spiro atoms. The van der Waals surface area contributed by atoms with E-state index in [0.29, 0.717) is 0 Å². The lowest BCUT2D eigenvalue weighted by Gasteiger charge is -2.13. The van der Waals surface area contributed by atoms with Crippen LogP contribution in [0.25, 0.3) is 10.9 Å². The van der Waals surface area contributed by atoms with Crippen molar-refractivity contribution in [3.05, 3.63) is 36.0 Å². The van der Waals surface area contributed by atoms with Crippen molar-refractivity contribution in [2.45, 2.75) is 44.9 Å². The lowest BCUT2D eigenvalue weighted by Crippen LogP contribution is -2.15. The Balaban J connectivity index is 2.23. The van der Waals surface area contributed by atoms with Gasteiger partial charge in [-0.3, -0.25) is 4.79 Å². The number of para-hydroxylation sites is 1. The number of rotatable bonds is 7. The van der Waals surface area contributed by atoms with Gasteiger partial charge in [0.2, 0.25) is 0 Å². The molecule has 1 N–H and O–H groups in total. The lowest BCUT2D eigenvalue weighted by atomic mass is 9.97. The minimum Gasteiger partial charge on any atom is -0.481 e. The van der Waals surface area contributed by atoms with Gasteiger partial charge in [-0.1, -0.05) is 50.8 Å². The molecule has 0 radical (unpaired) electrons. The molecular formula is C17H23NO2. The van der Waals surface area contributed by atoms with Gasteiger partial charge in [0.1, 0.15) is 0 Å². The molecule has 0 aliphatic carbocycles. The lowest BCUT2D eigenvalue weighted by molar-refractivity contribution is -0.139. The van der Waals surface area contributed by atoms with E-state index in [-0.39, 0.29) is 0 Å². The molecule has 2 aromatic rings. The number of fused-ring (bicyclic) bond motifs is 1. The molecule has 0 amide bonds. The number of aromatic nitrogens is 1. The summed E-state index contributed by atoms with van der Waals surface area (Å²) in [6, 6.07) is 10.1. The number of nitrogens with zero attached hydrogens (tertiary/aromatic N) is 1. The van der Waals surface area contributed by atoms with Crippen LogP contribution in [-0.2, 0) is 11.8 Å². The maximum Gasteiger partial charge on any atom is 0.312 e. The van der Waals surface area contributed by atoms with Crippen molar-refractivity contribution in [2.75, 3.05) is 0 Å². The Hall–Kier alpha value is -1.77. The fourth-order valence-corrected chi connectivity index (χ4v) is 2.82. The smallest absolute Gasteiger partial charge is 0.312 e. The molecule has 0 saturated carbocycles. The molecule has 0 aliphatic rings. The fourth-order valence-electron chi connectivity index (χ4n) is 2.82. The highest BCUT2D eigenvalue weighted by atomic mass is 16.4. The Bertz CT molecular complexity index is 586. The molecule has 1 atom stereocenters.